The molecule has 0 aliphatic rings. The first-order valence-electron chi connectivity index (χ1n) is 9.94. The molecule has 3 amide bonds. The number of benzene rings is 3. The molecule has 34 heavy (non-hydrogen) atoms. The fourth-order valence-electron chi connectivity index (χ4n) is 3.05. The average Bonchev–Trinajstić information content (AvgIpc) is 2.86. The Morgan fingerprint density at radius 2 is 1.29 bits per heavy atom. The lowest BCUT2D eigenvalue weighted by atomic mass is 10.1. The lowest BCUT2D eigenvalue weighted by Gasteiger charge is -2.15. The van der Waals surface area contributed by atoms with Crippen molar-refractivity contribution >= 4 is 39.3 Å². The van der Waals surface area contributed by atoms with E-state index >= 15 is 0 Å². The lowest BCUT2D eigenvalue weighted by Crippen LogP contribution is -2.42. The second-order valence-electron chi connectivity index (χ2n) is 6.83. The first-order chi connectivity index (χ1) is 16.4. The van der Waals surface area contributed by atoms with Gasteiger partial charge in [-0.2, -0.15) is 0 Å². The Hall–Kier alpha value is -4.05. The van der Waals surface area contributed by atoms with Gasteiger partial charge in [0.2, 0.25) is 5.75 Å². The highest BCUT2D eigenvalue weighted by molar-refractivity contribution is 9.10. The molecule has 0 aliphatic heterocycles. The topological polar surface area (TPSA) is 115 Å². The molecule has 0 bridgehead atoms. The van der Waals surface area contributed by atoms with Crippen molar-refractivity contribution in [2.45, 2.75) is 0 Å². The van der Waals surface area contributed by atoms with Crippen LogP contribution < -0.4 is 30.4 Å². The van der Waals surface area contributed by atoms with E-state index in [2.05, 4.69) is 32.1 Å². The largest absolute Gasteiger partial charge is 0.493 e. The van der Waals surface area contributed by atoms with Crippen LogP contribution in [-0.2, 0) is 0 Å². The first kappa shape index (κ1) is 24.6. The number of rotatable bonds is 7. The van der Waals surface area contributed by atoms with E-state index in [0.717, 1.165) is 4.47 Å². The molecule has 0 atom stereocenters. The zero-order valence-electron chi connectivity index (χ0n) is 18.6. The summed E-state index contributed by atoms with van der Waals surface area (Å²) in [4.78, 5) is 38.0. The van der Waals surface area contributed by atoms with Crippen LogP contribution in [0.25, 0.3) is 0 Å². The summed E-state index contributed by atoms with van der Waals surface area (Å²) in [6.07, 6.45) is 0. The maximum Gasteiger partial charge on any atom is 0.271 e. The Kier molecular flexibility index (Phi) is 8.10. The van der Waals surface area contributed by atoms with Crippen molar-refractivity contribution in [1.82, 2.24) is 10.9 Å². The van der Waals surface area contributed by atoms with Gasteiger partial charge in [0.15, 0.2) is 11.5 Å². The van der Waals surface area contributed by atoms with Crippen LogP contribution >= 0.6 is 15.9 Å². The molecule has 0 fully saturated rings. The number of carbonyl (C=O) groups is 3. The third-order valence-corrected chi connectivity index (χ3v) is 5.27. The predicted octanol–water partition coefficient (Wildman–Crippen LogP) is 3.80. The zero-order chi connectivity index (χ0) is 24.7. The van der Waals surface area contributed by atoms with Gasteiger partial charge >= 0.3 is 0 Å². The summed E-state index contributed by atoms with van der Waals surface area (Å²) in [5.74, 6) is -0.689. The molecule has 176 valence electrons. The van der Waals surface area contributed by atoms with E-state index in [1.165, 1.54) is 39.5 Å². The summed E-state index contributed by atoms with van der Waals surface area (Å²) in [6.45, 7) is 0. The molecule has 0 saturated heterocycles. The number of nitrogens with one attached hydrogen (secondary N) is 3. The zero-order valence-corrected chi connectivity index (χ0v) is 20.2. The van der Waals surface area contributed by atoms with Crippen LogP contribution in [-0.4, -0.2) is 39.1 Å². The number of para-hydroxylation sites is 1. The molecule has 0 saturated carbocycles. The number of carbonyl (C=O) groups excluding carboxylic acids is 3. The van der Waals surface area contributed by atoms with Gasteiger partial charge in [0, 0.05) is 15.6 Å². The Balaban J connectivity index is 1.73. The SMILES string of the molecule is COc1cc(C(=O)NNC(=O)c2ccccc2NC(=O)c2ccc(Br)cc2)cc(OC)c1OC. The number of amides is 3. The van der Waals surface area contributed by atoms with Gasteiger partial charge in [0.1, 0.15) is 0 Å². The maximum atomic E-state index is 12.8. The van der Waals surface area contributed by atoms with Crippen molar-refractivity contribution in [2.75, 3.05) is 26.6 Å². The van der Waals surface area contributed by atoms with E-state index in [4.69, 9.17) is 14.2 Å². The van der Waals surface area contributed by atoms with Crippen molar-refractivity contribution in [3.63, 3.8) is 0 Å². The third-order valence-electron chi connectivity index (χ3n) is 4.74. The van der Waals surface area contributed by atoms with Crippen LogP contribution in [0, 0.1) is 0 Å². The Bertz CT molecular complexity index is 1190. The molecule has 9 nitrogen and oxygen atoms in total. The molecule has 0 heterocycles. The number of hydrogen-bond donors (Lipinski definition) is 3. The number of methoxy groups -OCH3 is 3. The van der Waals surface area contributed by atoms with Gasteiger partial charge in [0.05, 0.1) is 32.6 Å². The normalized spacial score (nSPS) is 10.1. The standard InChI is InChI=1S/C24H22BrN3O6/c1-32-19-12-15(13-20(33-2)21(19)34-3)23(30)27-28-24(31)17-6-4-5-7-18(17)26-22(29)14-8-10-16(25)11-9-14/h4-13H,1-3H3,(H,26,29)(H,27,30)(H,28,31). The average molecular weight is 528 g/mol. The summed E-state index contributed by atoms with van der Waals surface area (Å²) in [7, 11) is 4.31. The molecular weight excluding hydrogens is 506 g/mol. The molecule has 3 rings (SSSR count). The molecule has 0 aliphatic carbocycles. The molecule has 0 radical (unpaired) electrons. The van der Waals surface area contributed by atoms with Crippen LogP contribution in [0.2, 0.25) is 0 Å². The van der Waals surface area contributed by atoms with Crippen LogP contribution in [0.5, 0.6) is 17.2 Å². The maximum absolute atomic E-state index is 12.8. The number of hydrogen-bond acceptors (Lipinski definition) is 6. The predicted molar refractivity (Wildman–Crippen MR) is 130 cm³/mol. The van der Waals surface area contributed by atoms with Gasteiger partial charge in [0.25, 0.3) is 17.7 Å². The van der Waals surface area contributed by atoms with Crippen LogP contribution in [0.3, 0.4) is 0 Å². The smallest absolute Gasteiger partial charge is 0.271 e. The highest BCUT2D eigenvalue weighted by atomic mass is 79.9. The summed E-state index contributed by atoms with van der Waals surface area (Å²) < 4.78 is 16.6. The van der Waals surface area contributed by atoms with Crippen molar-refractivity contribution in [1.29, 1.82) is 0 Å². The Morgan fingerprint density at radius 1 is 0.706 bits per heavy atom. The van der Waals surface area contributed by atoms with E-state index in [9.17, 15) is 14.4 Å². The second-order valence-corrected chi connectivity index (χ2v) is 7.74. The van der Waals surface area contributed by atoms with Crippen LogP contribution in [0.4, 0.5) is 5.69 Å². The lowest BCUT2D eigenvalue weighted by molar-refractivity contribution is 0.0846. The Morgan fingerprint density at radius 3 is 1.88 bits per heavy atom. The molecule has 0 unspecified atom stereocenters. The van der Waals surface area contributed by atoms with Crippen molar-refractivity contribution in [2.24, 2.45) is 0 Å². The van der Waals surface area contributed by atoms with Crippen molar-refractivity contribution in [3.05, 3.63) is 81.8 Å². The molecule has 0 aromatic heterocycles. The number of anilines is 1. The van der Waals surface area contributed by atoms with E-state index in [1.54, 1.807) is 42.5 Å². The summed E-state index contributed by atoms with van der Waals surface area (Å²) >= 11 is 3.32. The third kappa shape index (κ3) is 5.65. The van der Waals surface area contributed by atoms with Crippen molar-refractivity contribution in [3.8, 4) is 17.2 Å². The minimum atomic E-state index is -0.618. The van der Waals surface area contributed by atoms with Gasteiger partial charge in [-0.1, -0.05) is 28.1 Å². The minimum Gasteiger partial charge on any atom is -0.493 e. The van der Waals surface area contributed by atoms with Gasteiger partial charge in [-0.25, -0.2) is 0 Å². The van der Waals surface area contributed by atoms with E-state index in [0.29, 0.717) is 22.8 Å². The number of hydrazine groups is 1. The second kappa shape index (κ2) is 11.2. The van der Waals surface area contributed by atoms with Crippen LogP contribution in [0.1, 0.15) is 31.1 Å². The highest BCUT2D eigenvalue weighted by Crippen LogP contribution is 2.38. The fraction of sp³-hybridized carbons (Fsp3) is 0.125. The monoisotopic (exact) mass is 527 g/mol. The molecule has 3 aromatic carbocycles. The van der Waals surface area contributed by atoms with E-state index in [-0.39, 0.29) is 22.7 Å². The number of halogens is 1. The van der Waals surface area contributed by atoms with Gasteiger partial charge in [-0.3, -0.25) is 25.2 Å². The van der Waals surface area contributed by atoms with Gasteiger partial charge in [-0.05, 0) is 48.5 Å². The Labute approximate surface area is 204 Å². The van der Waals surface area contributed by atoms with Gasteiger partial charge < -0.3 is 19.5 Å². The minimum absolute atomic E-state index is 0.165. The van der Waals surface area contributed by atoms with Crippen molar-refractivity contribution < 1.29 is 28.6 Å². The molecule has 0 spiro atoms. The molecule has 3 aromatic rings. The summed E-state index contributed by atoms with van der Waals surface area (Å²) in [5, 5.41) is 2.71. The van der Waals surface area contributed by atoms with Gasteiger partial charge in [-0.15, -0.1) is 0 Å². The highest BCUT2D eigenvalue weighted by Gasteiger charge is 2.19. The quantitative estimate of drug-likeness (QED) is 0.402. The summed E-state index contributed by atoms with van der Waals surface area (Å²) in [6, 6.07) is 16.1. The van der Waals surface area contributed by atoms with E-state index in [1.807, 2.05) is 0 Å². The van der Waals surface area contributed by atoms with E-state index < -0.39 is 11.8 Å². The van der Waals surface area contributed by atoms with Crippen LogP contribution in [0.15, 0.2) is 65.1 Å². The molecule has 10 heteroatoms. The number of ether oxygens (including phenoxy) is 3. The molecule has 3 N–H and O–H groups in total. The fourth-order valence-corrected chi connectivity index (χ4v) is 3.32. The summed E-state index contributed by atoms with van der Waals surface area (Å²) in [5.41, 5.74) is 5.75. The first-order valence-corrected chi connectivity index (χ1v) is 10.7. The molecular formula is C24H22BrN3O6.